The normalized spacial score (nSPS) is 7.38. The van der Waals surface area contributed by atoms with E-state index in [1.54, 1.807) is 0 Å². The van der Waals surface area contributed by atoms with Crippen molar-refractivity contribution in [3.05, 3.63) is 0 Å². The number of rotatable bonds is 0. The van der Waals surface area contributed by atoms with Crippen molar-refractivity contribution in [1.82, 2.24) is 0 Å². The molecule has 0 rings (SSSR count). The average Bonchev–Trinajstić information content (AvgIpc) is 0.722. The molecule has 0 saturated heterocycles. The van der Waals surface area contributed by atoms with Gasteiger partial charge < -0.3 is 14.7 Å². The summed E-state index contributed by atoms with van der Waals surface area (Å²) in [4.78, 5) is 21.6. The molecule has 8 heavy (non-hydrogen) atoms. The van der Waals surface area contributed by atoms with Gasteiger partial charge in [0.2, 0.25) is 0 Å². The summed E-state index contributed by atoms with van der Waals surface area (Å²) < 4.78 is 8.88. The van der Waals surface area contributed by atoms with E-state index in [9.17, 15) is 0 Å². The van der Waals surface area contributed by atoms with Crippen molar-refractivity contribution in [2.75, 3.05) is 0 Å². The molecule has 0 spiro atoms. The van der Waals surface area contributed by atoms with E-state index in [1.165, 1.54) is 0 Å². The van der Waals surface area contributed by atoms with E-state index in [-0.39, 0.29) is 54.8 Å². The Morgan fingerprint density at radius 2 is 1.12 bits per heavy atom. The van der Waals surface area contributed by atoms with Gasteiger partial charge in [0.25, 0.3) is 0 Å². The maximum atomic E-state index is 8.88. The Hall–Kier alpha value is 1.59. The molecular weight excluding hydrogens is 189 g/mol. The van der Waals surface area contributed by atoms with Crippen molar-refractivity contribution < 1.29 is 23.9 Å². The molecule has 4 nitrogen and oxygen atoms in total. The van der Waals surface area contributed by atoms with Gasteiger partial charge in [0.15, 0.2) is 0 Å². The Morgan fingerprint density at radius 3 is 1.12 bits per heavy atom. The molecule has 0 unspecified atom stereocenters. The number of halogens is 2. The second kappa shape index (κ2) is 8.59. The fraction of sp³-hybridized carbons (Fsp3) is 0. The van der Waals surface area contributed by atoms with Crippen LogP contribution < -0.4 is 0 Å². The molecular formula is H7CaClFO4P. The molecule has 0 fully saturated rings. The van der Waals surface area contributed by atoms with Crippen molar-refractivity contribution in [3.8, 4) is 0 Å². The molecule has 0 aliphatic heterocycles. The van der Waals surface area contributed by atoms with Gasteiger partial charge in [-0.3, -0.25) is 4.70 Å². The van der Waals surface area contributed by atoms with E-state index in [0.717, 1.165) is 0 Å². The van der Waals surface area contributed by atoms with Crippen LogP contribution in [0.25, 0.3) is 0 Å². The standard InChI is InChI=1S/Ca.ClH.FH.H3O4P.2H/c;;;1-5(2,3)4;;/h;2*1H;(H3,1,2,3,4);;. The van der Waals surface area contributed by atoms with Crippen molar-refractivity contribution in [2.45, 2.75) is 0 Å². The molecule has 0 bridgehead atoms. The third-order valence-corrected chi connectivity index (χ3v) is 0. The fourth-order valence-electron chi connectivity index (χ4n) is 0. The first-order valence-electron chi connectivity index (χ1n) is 0.783. The third-order valence-electron chi connectivity index (χ3n) is 0. The first kappa shape index (κ1) is 22.6. The summed E-state index contributed by atoms with van der Waals surface area (Å²) in [6, 6.07) is 0. The molecule has 0 heterocycles. The van der Waals surface area contributed by atoms with Crippen LogP contribution in [0.5, 0.6) is 0 Å². The second-order valence-electron chi connectivity index (χ2n) is 0.513. The van der Waals surface area contributed by atoms with Crippen LogP contribution in [0.2, 0.25) is 0 Å². The average molecular weight is 197 g/mol. The van der Waals surface area contributed by atoms with E-state index < -0.39 is 7.82 Å². The SMILES string of the molecule is Cl.F.O=P(O)(O)O.[CaH2]. The van der Waals surface area contributed by atoms with Gasteiger partial charge in [0.1, 0.15) is 0 Å². The Balaban J connectivity index is -0.0000000267. The van der Waals surface area contributed by atoms with Crippen molar-refractivity contribution >= 4 is 58.0 Å². The van der Waals surface area contributed by atoms with Gasteiger partial charge in [0, 0.05) is 0 Å². The molecule has 0 aromatic heterocycles. The number of phosphoric acid groups is 1. The molecule has 0 radical (unpaired) electrons. The molecule has 0 aromatic rings. The van der Waals surface area contributed by atoms with Crippen molar-refractivity contribution in [1.29, 1.82) is 0 Å². The monoisotopic (exact) mass is 196 g/mol. The van der Waals surface area contributed by atoms with Crippen LogP contribution in [0.3, 0.4) is 0 Å². The summed E-state index contributed by atoms with van der Waals surface area (Å²) in [5, 5.41) is 0. The zero-order valence-electron chi connectivity index (χ0n) is 3.01. The van der Waals surface area contributed by atoms with E-state index in [4.69, 9.17) is 19.2 Å². The van der Waals surface area contributed by atoms with Gasteiger partial charge in [-0.1, -0.05) is 0 Å². The van der Waals surface area contributed by atoms with Crippen molar-refractivity contribution in [2.24, 2.45) is 0 Å². The summed E-state index contributed by atoms with van der Waals surface area (Å²) in [6.45, 7) is 0. The molecule has 52 valence electrons. The van der Waals surface area contributed by atoms with E-state index in [2.05, 4.69) is 0 Å². The topological polar surface area (TPSA) is 77.8 Å². The Bertz CT molecular complexity index is 62.2. The summed E-state index contributed by atoms with van der Waals surface area (Å²) >= 11 is 0. The first-order chi connectivity index (χ1) is 2.00. The summed E-state index contributed by atoms with van der Waals surface area (Å²) in [5.74, 6) is 0. The van der Waals surface area contributed by atoms with Gasteiger partial charge >= 0.3 is 45.6 Å². The molecule has 0 aliphatic rings. The van der Waals surface area contributed by atoms with Gasteiger partial charge in [0.05, 0.1) is 0 Å². The Morgan fingerprint density at radius 1 is 1.12 bits per heavy atom. The number of hydrogen-bond acceptors (Lipinski definition) is 1. The van der Waals surface area contributed by atoms with Gasteiger partial charge in [-0.2, -0.15) is 0 Å². The zero-order chi connectivity index (χ0) is 4.50. The van der Waals surface area contributed by atoms with E-state index >= 15 is 0 Å². The third kappa shape index (κ3) is 130. The summed E-state index contributed by atoms with van der Waals surface area (Å²) in [5.41, 5.74) is 0. The Labute approximate surface area is 81.3 Å². The molecule has 8 heteroatoms. The molecule has 0 aliphatic carbocycles. The fourth-order valence-corrected chi connectivity index (χ4v) is 0. The minimum absolute atomic E-state index is 0. The van der Waals surface area contributed by atoms with Crippen LogP contribution in [0.1, 0.15) is 0 Å². The van der Waals surface area contributed by atoms with Gasteiger partial charge in [-0.05, 0) is 0 Å². The summed E-state index contributed by atoms with van der Waals surface area (Å²) in [7, 11) is -4.64. The second-order valence-corrected chi connectivity index (χ2v) is 1.54. The van der Waals surface area contributed by atoms with Crippen LogP contribution in [0.4, 0.5) is 4.70 Å². The first-order valence-corrected chi connectivity index (χ1v) is 2.35. The Kier molecular flexibility index (Phi) is 24.3. The van der Waals surface area contributed by atoms with Gasteiger partial charge in [-0.25, -0.2) is 4.57 Å². The van der Waals surface area contributed by atoms with Crippen LogP contribution in [-0.2, 0) is 4.57 Å². The maximum absolute atomic E-state index is 8.88. The number of hydrogen-bond donors (Lipinski definition) is 3. The zero-order valence-corrected chi connectivity index (χ0v) is 4.72. The molecule has 0 saturated carbocycles. The van der Waals surface area contributed by atoms with Crippen LogP contribution in [-0.4, -0.2) is 52.4 Å². The quantitative estimate of drug-likeness (QED) is 0.334. The molecule has 0 amide bonds. The van der Waals surface area contributed by atoms with E-state index in [1.807, 2.05) is 0 Å². The van der Waals surface area contributed by atoms with Gasteiger partial charge in [-0.15, -0.1) is 12.4 Å². The predicted molar refractivity (Wildman–Crippen MR) is 32.6 cm³/mol. The van der Waals surface area contributed by atoms with Crippen molar-refractivity contribution in [3.63, 3.8) is 0 Å². The van der Waals surface area contributed by atoms with E-state index in [0.29, 0.717) is 0 Å². The summed E-state index contributed by atoms with van der Waals surface area (Å²) in [6.07, 6.45) is 0. The van der Waals surface area contributed by atoms with Crippen LogP contribution >= 0.6 is 20.2 Å². The molecule has 3 N–H and O–H groups in total. The molecule has 0 atom stereocenters. The predicted octanol–water partition coefficient (Wildman–Crippen LogP) is -1.27. The van der Waals surface area contributed by atoms with Crippen LogP contribution in [0, 0.1) is 0 Å². The molecule has 0 aromatic carbocycles. The minimum atomic E-state index is -4.64. The van der Waals surface area contributed by atoms with Crippen LogP contribution in [0.15, 0.2) is 0 Å².